The van der Waals surface area contributed by atoms with Gasteiger partial charge in [-0.1, -0.05) is 19.3 Å². The molecule has 0 aromatic carbocycles. The standard InChI is InChI=1S/C12H21N5/c1-2-4-10(5-3-1)11-14-12(16-15-11)17-8-6-13-7-9-17/h10,13H,1-9H2,(H,14,15,16). The molecule has 0 unspecified atom stereocenters. The van der Waals surface area contributed by atoms with Crippen molar-refractivity contribution in [3.05, 3.63) is 5.82 Å². The van der Waals surface area contributed by atoms with Crippen LogP contribution in [0.5, 0.6) is 0 Å². The SMILES string of the molecule is C1CCC(c2nc(N3CCNCC3)n[nH]2)CC1. The van der Waals surface area contributed by atoms with Crippen LogP contribution in [0.4, 0.5) is 5.95 Å². The van der Waals surface area contributed by atoms with E-state index in [0.717, 1.165) is 38.0 Å². The van der Waals surface area contributed by atoms with Crippen molar-refractivity contribution >= 4 is 5.95 Å². The quantitative estimate of drug-likeness (QED) is 0.810. The van der Waals surface area contributed by atoms with E-state index >= 15 is 0 Å². The van der Waals surface area contributed by atoms with Crippen molar-refractivity contribution in [1.82, 2.24) is 20.5 Å². The van der Waals surface area contributed by atoms with Crippen molar-refractivity contribution in [2.45, 2.75) is 38.0 Å². The Hall–Kier alpha value is -1.10. The molecule has 2 N–H and O–H groups in total. The van der Waals surface area contributed by atoms with Crippen molar-refractivity contribution in [2.24, 2.45) is 0 Å². The molecule has 5 heteroatoms. The first kappa shape index (κ1) is 11.0. The number of anilines is 1. The van der Waals surface area contributed by atoms with Crippen LogP contribution >= 0.6 is 0 Å². The van der Waals surface area contributed by atoms with Crippen molar-refractivity contribution in [3.63, 3.8) is 0 Å². The first-order valence-electron chi connectivity index (χ1n) is 6.81. The first-order chi connectivity index (χ1) is 8.43. The van der Waals surface area contributed by atoms with Crippen LogP contribution in [0.15, 0.2) is 0 Å². The number of rotatable bonds is 2. The van der Waals surface area contributed by atoms with Gasteiger partial charge in [0.25, 0.3) is 0 Å². The number of aromatic amines is 1. The van der Waals surface area contributed by atoms with Crippen LogP contribution in [0.3, 0.4) is 0 Å². The zero-order valence-electron chi connectivity index (χ0n) is 10.3. The normalized spacial score (nSPS) is 22.9. The molecule has 1 saturated carbocycles. The molecule has 1 aromatic rings. The second-order valence-electron chi connectivity index (χ2n) is 5.09. The lowest BCUT2D eigenvalue weighted by atomic mass is 9.89. The summed E-state index contributed by atoms with van der Waals surface area (Å²) in [4.78, 5) is 6.95. The summed E-state index contributed by atoms with van der Waals surface area (Å²) in [5.74, 6) is 2.62. The van der Waals surface area contributed by atoms with Crippen molar-refractivity contribution < 1.29 is 0 Å². The van der Waals surface area contributed by atoms with Crippen LogP contribution in [0.2, 0.25) is 0 Å². The van der Waals surface area contributed by atoms with Crippen LogP contribution < -0.4 is 10.2 Å². The Balaban J connectivity index is 1.68. The molecular formula is C12H21N5. The predicted octanol–water partition coefficient (Wildman–Crippen LogP) is 1.26. The molecule has 1 aromatic heterocycles. The number of H-pyrrole nitrogens is 1. The molecule has 0 radical (unpaired) electrons. The van der Waals surface area contributed by atoms with E-state index in [2.05, 4.69) is 25.4 Å². The molecule has 3 rings (SSSR count). The summed E-state index contributed by atoms with van der Waals surface area (Å²) in [6.07, 6.45) is 6.62. The minimum atomic E-state index is 0.618. The zero-order chi connectivity index (χ0) is 11.5. The molecule has 5 nitrogen and oxygen atoms in total. The van der Waals surface area contributed by atoms with E-state index < -0.39 is 0 Å². The predicted molar refractivity (Wildman–Crippen MR) is 67.3 cm³/mol. The molecule has 94 valence electrons. The molecule has 2 aliphatic rings. The van der Waals surface area contributed by atoms with E-state index in [4.69, 9.17) is 0 Å². The lowest BCUT2D eigenvalue weighted by Crippen LogP contribution is -2.44. The number of hydrogen-bond donors (Lipinski definition) is 2. The highest BCUT2D eigenvalue weighted by Gasteiger charge is 2.21. The van der Waals surface area contributed by atoms with E-state index in [1.165, 1.54) is 32.1 Å². The van der Waals surface area contributed by atoms with Gasteiger partial charge in [-0.15, -0.1) is 5.10 Å². The van der Waals surface area contributed by atoms with Gasteiger partial charge in [0.2, 0.25) is 5.95 Å². The largest absolute Gasteiger partial charge is 0.337 e. The number of hydrogen-bond acceptors (Lipinski definition) is 4. The van der Waals surface area contributed by atoms with Gasteiger partial charge in [0.15, 0.2) is 0 Å². The first-order valence-corrected chi connectivity index (χ1v) is 6.81. The Morgan fingerprint density at radius 1 is 1.06 bits per heavy atom. The van der Waals surface area contributed by atoms with E-state index in [1.807, 2.05) is 0 Å². The Morgan fingerprint density at radius 2 is 1.82 bits per heavy atom. The maximum atomic E-state index is 4.69. The molecule has 2 fully saturated rings. The van der Waals surface area contributed by atoms with Crippen LogP contribution in [0.1, 0.15) is 43.8 Å². The maximum Gasteiger partial charge on any atom is 0.244 e. The molecule has 1 aliphatic carbocycles. The maximum absolute atomic E-state index is 4.69. The highest BCUT2D eigenvalue weighted by atomic mass is 15.4. The van der Waals surface area contributed by atoms with Gasteiger partial charge < -0.3 is 10.2 Å². The van der Waals surface area contributed by atoms with Gasteiger partial charge in [-0.2, -0.15) is 4.98 Å². The van der Waals surface area contributed by atoms with E-state index in [-0.39, 0.29) is 0 Å². The zero-order valence-corrected chi connectivity index (χ0v) is 10.3. The number of nitrogens with zero attached hydrogens (tertiary/aromatic N) is 3. The number of aromatic nitrogens is 3. The van der Waals surface area contributed by atoms with Crippen LogP contribution in [0, 0.1) is 0 Å². The molecule has 0 amide bonds. The summed E-state index contributed by atoms with van der Waals surface area (Å²) in [6.45, 7) is 4.10. The van der Waals surface area contributed by atoms with Crippen molar-refractivity contribution in [1.29, 1.82) is 0 Å². The number of piperazine rings is 1. The molecule has 17 heavy (non-hydrogen) atoms. The highest BCUT2D eigenvalue weighted by molar-refractivity contribution is 5.30. The average molecular weight is 235 g/mol. The summed E-state index contributed by atoms with van der Waals surface area (Å²) >= 11 is 0. The monoisotopic (exact) mass is 235 g/mol. The molecule has 1 saturated heterocycles. The van der Waals surface area contributed by atoms with Crippen molar-refractivity contribution in [2.75, 3.05) is 31.1 Å². The lowest BCUT2D eigenvalue weighted by molar-refractivity contribution is 0.429. The summed E-state index contributed by atoms with van der Waals surface area (Å²) in [7, 11) is 0. The lowest BCUT2D eigenvalue weighted by Gasteiger charge is -2.26. The van der Waals surface area contributed by atoms with Gasteiger partial charge in [0, 0.05) is 32.1 Å². The third-order valence-corrected chi connectivity index (χ3v) is 3.88. The van der Waals surface area contributed by atoms with Crippen LogP contribution in [0.25, 0.3) is 0 Å². The van der Waals surface area contributed by atoms with E-state index in [9.17, 15) is 0 Å². The molecule has 0 spiro atoms. The fourth-order valence-corrected chi connectivity index (χ4v) is 2.83. The summed E-state index contributed by atoms with van der Waals surface area (Å²) in [6, 6.07) is 0. The Bertz CT molecular complexity index is 317. The van der Waals surface area contributed by atoms with E-state index in [1.54, 1.807) is 0 Å². The summed E-state index contributed by atoms with van der Waals surface area (Å²) in [5.41, 5.74) is 0. The third kappa shape index (κ3) is 2.44. The Morgan fingerprint density at radius 3 is 2.59 bits per heavy atom. The smallest absolute Gasteiger partial charge is 0.244 e. The summed E-state index contributed by atoms with van der Waals surface area (Å²) in [5, 5.41) is 10.9. The molecule has 1 aliphatic heterocycles. The van der Waals surface area contributed by atoms with Crippen LogP contribution in [-0.4, -0.2) is 41.4 Å². The van der Waals surface area contributed by atoms with Gasteiger partial charge in [-0.05, 0) is 12.8 Å². The van der Waals surface area contributed by atoms with Gasteiger partial charge >= 0.3 is 0 Å². The van der Waals surface area contributed by atoms with Gasteiger partial charge in [0.1, 0.15) is 5.82 Å². The molecule has 0 bridgehead atoms. The fourth-order valence-electron chi connectivity index (χ4n) is 2.83. The second-order valence-corrected chi connectivity index (χ2v) is 5.09. The fraction of sp³-hybridized carbons (Fsp3) is 0.833. The highest BCUT2D eigenvalue weighted by Crippen LogP contribution is 2.31. The second kappa shape index (κ2) is 5.04. The third-order valence-electron chi connectivity index (χ3n) is 3.88. The molecular weight excluding hydrogens is 214 g/mol. The Labute approximate surface area is 102 Å². The van der Waals surface area contributed by atoms with Gasteiger partial charge in [-0.25, -0.2) is 0 Å². The Kier molecular flexibility index (Phi) is 3.27. The molecule has 2 heterocycles. The van der Waals surface area contributed by atoms with Crippen molar-refractivity contribution in [3.8, 4) is 0 Å². The minimum absolute atomic E-state index is 0.618. The van der Waals surface area contributed by atoms with Gasteiger partial charge in [0.05, 0.1) is 0 Å². The topological polar surface area (TPSA) is 56.8 Å². The summed E-state index contributed by atoms with van der Waals surface area (Å²) < 4.78 is 0. The van der Waals surface area contributed by atoms with E-state index in [0.29, 0.717) is 5.92 Å². The van der Waals surface area contributed by atoms with Crippen LogP contribution in [-0.2, 0) is 0 Å². The molecule has 0 atom stereocenters. The average Bonchev–Trinajstić information content (AvgIpc) is 2.90. The minimum Gasteiger partial charge on any atom is -0.337 e. The number of nitrogens with one attached hydrogen (secondary N) is 2. The van der Waals surface area contributed by atoms with Gasteiger partial charge in [-0.3, -0.25) is 5.10 Å².